The Hall–Kier alpha value is -3.43. The van der Waals surface area contributed by atoms with E-state index in [1.807, 2.05) is 61.5 Å². The Bertz CT molecular complexity index is 1050. The van der Waals surface area contributed by atoms with Crippen molar-refractivity contribution in [1.29, 1.82) is 0 Å². The molecule has 3 atom stereocenters. The Labute approximate surface area is 224 Å². The topological polar surface area (TPSA) is 120 Å². The molecule has 3 rings (SSSR count). The summed E-state index contributed by atoms with van der Waals surface area (Å²) in [5.74, 6) is -0.407. The van der Waals surface area contributed by atoms with Crippen LogP contribution in [0.25, 0.3) is 0 Å². The molecule has 0 fully saturated rings. The van der Waals surface area contributed by atoms with Gasteiger partial charge in [0, 0.05) is 26.6 Å². The highest BCUT2D eigenvalue weighted by Crippen LogP contribution is 2.19. The molecule has 4 N–H and O–H groups in total. The number of carbonyl (C=O) groups excluding carboxylic acids is 3. The molecule has 2 aromatic carbocycles. The predicted molar refractivity (Wildman–Crippen MR) is 146 cm³/mol. The van der Waals surface area contributed by atoms with Gasteiger partial charge in [-0.2, -0.15) is 0 Å². The Balaban J connectivity index is 1.85. The molecule has 0 saturated heterocycles. The van der Waals surface area contributed by atoms with Gasteiger partial charge in [0.1, 0.15) is 24.4 Å². The van der Waals surface area contributed by atoms with Gasteiger partial charge in [0.25, 0.3) is 0 Å². The summed E-state index contributed by atoms with van der Waals surface area (Å²) >= 11 is 0. The maximum Gasteiger partial charge on any atom is 0.245 e. The molecule has 9 nitrogen and oxygen atoms in total. The molecule has 0 aliphatic carbocycles. The molecule has 0 unspecified atom stereocenters. The summed E-state index contributed by atoms with van der Waals surface area (Å²) < 4.78 is 6.01. The number of aliphatic hydroxyl groups is 1. The van der Waals surface area contributed by atoms with Gasteiger partial charge < -0.3 is 30.7 Å². The van der Waals surface area contributed by atoms with Crippen LogP contribution < -0.4 is 20.7 Å². The minimum atomic E-state index is -1.13. The molecule has 0 radical (unpaired) electrons. The van der Waals surface area contributed by atoms with Crippen LogP contribution in [0.15, 0.2) is 54.6 Å². The van der Waals surface area contributed by atoms with Crippen molar-refractivity contribution >= 4 is 17.7 Å². The number of benzene rings is 2. The number of aryl methyl sites for hydroxylation is 1. The minimum Gasteiger partial charge on any atom is -0.492 e. The van der Waals surface area contributed by atoms with Crippen LogP contribution in [-0.4, -0.2) is 79.2 Å². The first-order valence-corrected chi connectivity index (χ1v) is 13.4. The van der Waals surface area contributed by atoms with E-state index in [1.165, 1.54) is 11.9 Å². The van der Waals surface area contributed by atoms with Crippen molar-refractivity contribution in [2.45, 2.75) is 57.2 Å². The van der Waals surface area contributed by atoms with Crippen molar-refractivity contribution < 1.29 is 24.2 Å². The molecule has 1 aliphatic heterocycles. The van der Waals surface area contributed by atoms with E-state index in [0.29, 0.717) is 39.0 Å². The summed E-state index contributed by atoms with van der Waals surface area (Å²) in [6.07, 6.45) is 3.03. The summed E-state index contributed by atoms with van der Waals surface area (Å²) in [6.45, 7) is 2.67. The Morgan fingerprint density at radius 3 is 2.45 bits per heavy atom. The first-order valence-electron chi connectivity index (χ1n) is 13.4. The van der Waals surface area contributed by atoms with E-state index in [4.69, 9.17) is 4.74 Å². The molecule has 0 spiro atoms. The molecule has 2 aromatic rings. The SMILES string of the molecule is CCC[C@@H]1NCCOc2ccccc2CCCNC(=O)[C@H](Cc2ccccc2)NC(=O)[C@H](CO)N(C)C1=O. The lowest BCUT2D eigenvalue weighted by Crippen LogP contribution is -2.58. The third kappa shape index (κ3) is 8.29. The fourth-order valence-corrected chi connectivity index (χ4v) is 4.57. The van der Waals surface area contributed by atoms with Crippen molar-refractivity contribution in [1.82, 2.24) is 20.9 Å². The van der Waals surface area contributed by atoms with Gasteiger partial charge in [-0.15, -0.1) is 0 Å². The smallest absolute Gasteiger partial charge is 0.245 e. The van der Waals surface area contributed by atoms with Crippen LogP contribution in [-0.2, 0) is 27.2 Å². The van der Waals surface area contributed by atoms with E-state index in [0.717, 1.165) is 23.3 Å². The molecule has 0 bridgehead atoms. The first kappa shape index (κ1) is 29.1. The molecule has 1 aliphatic rings. The number of hydrogen-bond acceptors (Lipinski definition) is 6. The Morgan fingerprint density at radius 1 is 0.974 bits per heavy atom. The number of rotatable bonds is 5. The fourth-order valence-electron chi connectivity index (χ4n) is 4.57. The van der Waals surface area contributed by atoms with Crippen LogP contribution in [0.2, 0.25) is 0 Å². The van der Waals surface area contributed by atoms with Crippen LogP contribution in [0.3, 0.4) is 0 Å². The van der Waals surface area contributed by atoms with Crippen molar-refractivity contribution in [2.24, 2.45) is 0 Å². The van der Waals surface area contributed by atoms with Gasteiger partial charge in [-0.1, -0.05) is 61.9 Å². The highest BCUT2D eigenvalue weighted by molar-refractivity contribution is 5.93. The predicted octanol–water partition coefficient (Wildman–Crippen LogP) is 1.43. The first-order chi connectivity index (χ1) is 18.4. The molecule has 9 heteroatoms. The Kier molecular flexibility index (Phi) is 11.6. The van der Waals surface area contributed by atoms with Gasteiger partial charge in [0.2, 0.25) is 17.7 Å². The van der Waals surface area contributed by atoms with Crippen LogP contribution in [0, 0.1) is 0 Å². The quantitative estimate of drug-likeness (QED) is 0.470. The number of nitrogens with zero attached hydrogens (tertiary/aromatic N) is 1. The number of carbonyl (C=O) groups is 3. The second-order valence-corrected chi connectivity index (χ2v) is 9.54. The second-order valence-electron chi connectivity index (χ2n) is 9.54. The normalized spacial score (nSPS) is 22.3. The number of ether oxygens (including phenoxy) is 1. The third-order valence-electron chi connectivity index (χ3n) is 6.73. The Morgan fingerprint density at radius 2 is 1.71 bits per heavy atom. The monoisotopic (exact) mass is 524 g/mol. The average molecular weight is 525 g/mol. The lowest BCUT2D eigenvalue weighted by atomic mass is 10.0. The summed E-state index contributed by atoms with van der Waals surface area (Å²) in [6, 6.07) is 14.7. The third-order valence-corrected chi connectivity index (χ3v) is 6.73. The zero-order chi connectivity index (χ0) is 27.3. The van der Waals surface area contributed by atoms with Crippen LogP contribution in [0.1, 0.15) is 37.3 Å². The van der Waals surface area contributed by atoms with Gasteiger partial charge in [0.15, 0.2) is 0 Å². The van der Waals surface area contributed by atoms with Crippen molar-refractivity contribution in [3.05, 3.63) is 65.7 Å². The number of hydrogen-bond donors (Lipinski definition) is 4. The summed E-state index contributed by atoms with van der Waals surface area (Å²) in [5.41, 5.74) is 1.93. The standard InChI is InChI=1S/C29H40N4O5/c1-3-10-23-29(37)33(2)25(20-34)28(36)32-24(19-21-11-5-4-6-12-21)27(35)31-16-9-14-22-13-7-8-15-26(22)38-18-17-30-23/h4-8,11-13,15,23-25,30,34H,3,9-10,14,16-20H2,1-2H3,(H,31,35)(H,32,36)/t23-,24-,25-/m0/s1. The van der Waals surface area contributed by atoms with E-state index in [9.17, 15) is 19.5 Å². The summed E-state index contributed by atoms with van der Waals surface area (Å²) in [7, 11) is 1.50. The lowest BCUT2D eigenvalue weighted by molar-refractivity contribution is -0.143. The molecule has 0 aromatic heterocycles. The second kappa shape index (κ2) is 15.1. The van der Waals surface area contributed by atoms with Crippen molar-refractivity contribution in [3.63, 3.8) is 0 Å². The number of aliphatic hydroxyl groups excluding tert-OH is 1. The van der Waals surface area contributed by atoms with Crippen molar-refractivity contribution in [2.75, 3.05) is 33.4 Å². The number of para-hydroxylation sites is 1. The van der Waals surface area contributed by atoms with Gasteiger partial charge in [-0.3, -0.25) is 14.4 Å². The number of fused-ring (bicyclic) bond motifs is 1. The molecule has 1 heterocycles. The maximum absolute atomic E-state index is 13.3. The van der Waals surface area contributed by atoms with Gasteiger partial charge >= 0.3 is 0 Å². The van der Waals surface area contributed by atoms with E-state index in [2.05, 4.69) is 16.0 Å². The van der Waals surface area contributed by atoms with E-state index >= 15 is 0 Å². The van der Waals surface area contributed by atoms with E-state index < -0.39 is 30.6 Å². The van der Waals surface area contributed by atoms with Crippen LogP contribution in [0.5, 0.6) is 5.75 Å². The van der Waals surface area contributed by atoms with Crippen molar-refractivity contribution in [3.8, 4) is 5.75 Å². The number of amides is 3. The molecular weight excluding hydrogens is 484 g/mol. The van der Waals surface area contributed by atoms with Gasteiger partial charge in [0.05, 0.1) is 12.6 Å². The van der Waals surface area contributed by atoms with E-state index in [-0.39, 0.29) is 18.2 Å². The van der Waals surface area contributed by atoms with Crippen LogP contribution >= 0.6 is 0 Å². The van der Waals surface area contributed by atoms with Gasteiger partial charge in [-0.25, -0.2) is 0 Å². The summed E-state index contributed by atoms with van der Waals surface area (Å²) in [4.78, 5) is 41.0. The molecule has 38 heavy (non-hydrogen) atoms. The number of nitrogens with one attached hydrogen (secondary N) is 3. The van der Waals surface area contributed by atoms with E-state index in [1.54, 1.807) is 0 Å². The fraction of sp³-hybridized carbons (Fsp3) is 0.483. The van der Waals surface area contributed by atoms with Crippen LogP contribution in [0.4, 0.5) is 0 Å². The molecule has 3 amide bonds. The molecular formula is C29H40N4O5. The number of likely N-dealkylation sites (N-methyl/N-ethyl adjacent to an activating group) is 1. The lowest BCUT2D eigenvalue weighted by Gasteiger charge is -2.31. The average Bonchev–Trinajstić information content (AvgIpc) is 2.93. The minimum absolute atomic E-state index is 0.283. The molecule has 206 valence electrons. The maximum atomic E-state index is 13.3. The molecule has 0 saturated carbocycles. The largest absolute Gasteiger partial charge is 0.492 e. The zero-order valence-electron chi connectivity index (χ0n) is 22.3. The summed E-state index contributed by atoms with van der Waals surface area (Å²) in [5, 5.41) is 19.0. The zero-order valence-corrected chi connectivity index (χ0v) is 22.3. The highest BCUT2D eigenvalue weighted by atomic mass is 16.5. The van der Waals surface area contributed by atoms with Gasteiger partial charge in [-0.05, 0) is 36.5 Å². The highest BCUT2D eigenvalue weighted by Gasteiger charge is 2.32.